The van der Waals surface area contributed by atoms with Crippen molar-refractivity contribution in [3.63, 3.8) is 0 Å². The third-order valence-electron chi connectivity index (χ3n) is 3.19. The Labute approximate surface area is 124 Å². The van der Waals surface area contributed by atoms with Crippen molar-refractivity contribution in [3.8, 4) is 5.75 Å². The summed E-state index contributed by atoms with van der Waals surface area (Å²) in [6.07, 6.45) is 4.72. The Morgan fingerprint density at radius 3 is 2.79 bits per heavy atom. The van der Waals surface area contributed by atoms with Crippen LogP contribution < -0.4 is 10.1 Å². The Balaban J connectivity index is 2.10. The van der Waals surface area contributed by atoms with Gasteiger partial charge in [-0.05, 0) is 57.4 Å². The number of hydrogen-bond donors (Lipinski definition) is 1. The van der Waals surface area contributed by atoms with Gasteiger partial charge in [0.05, 0.1) is 0 Å². The lowest BCUT2D eigenvalue weighted by Crippen LogP contribution is -2.16. The number of hydrogen-bond acceptors (Lipinski definition) is 2. The molecule has 1 N–H and O–H groups in total. The van der Waals surface area contributed by atoms with Crippen LogP contribution in [0.2, 0.25) is 0 Å². The second kappa shape index (κ2) is 6.58. The molecule has 0 amide bonds. The zero-order chi connectivity index (χ0) is 13.8. The highest BCUT2D eigenvalue weighted by Gasteiger charge is 2.21. The van der Waals surface area contributed by atoms with Crippen molar-refractivity contribution in [2.24, 2.45) is 0 Å². The molecule has 0 atom stereocenters. The molecular weight excluding hydrogens is 302 g/mol. The quantitative estimate of drug-likeness (QED) is 0.785. The molecule has 0 spiro atoms. The first-order chi connectivity index (χ1) is 9.06. The van der Waals surface area contributed by atoms with E-state index in [1.165, 1.54) is 29.5 Å². The molecule has 0 bridgehead atoms. The first kappa shape index (κ1) is 14.6. The maximum absolute atomic E-state index is 5.95. The van der Waals surface area contributed by atoms with E-state index >= 15 is 0 Å². The van der Waals surface area contributed by atoms with Crippen LogP contribution in [-0.4, -0.2) is 12.6 Å². The molecule has 1 aromatic carbocycles. The Bertz CT molecular complexity index is 474. The van der Waals surface area contributed by atoms with Gasteiger partial charge < -0.3 is 10.1 Å². The van der Waals surface area contributed by atoms with E-state index < -0.39 is 0 Å². The van der Waals surface area contributed by atoms with Gasteiger partial charge in [-0.2, -0.15) is 0 Å². The lowest BCUT2D eigenvalue weighted by atomic mass is 10.1. The Morgan fingerprint density at radius 1 is 1.42 bits per heavy atom. The third-order valence-corrected chi connectivity index (χ3v) is 3.65. The predicted molar refractivity (Wildman–Crippen MR) is 83.7 cm³/mol. The first-order valence-electron chi connectivity index (χ1n) is 6.85. The van der Waals surface area contributed by atoms with Crippen LogP contribution in [0.15, 0.2) is 28.3 Å². The van der Waals surface area contributed by atoms with Crippen LogP contribution in [0.25, 0.3) is 0 Å². The SMILES string of the molecule is CC(C)=CCOc1c(C)cc(Br)cc1CNC1CC1. The van der Waals surface area contributed by atoms with Crippen LogP contribution in [0.1, 0.15) is 37.8 Å². The molecule has 1 fully saturated rings. The highest BCUT2D eigenvalue weighted by Crippen LogP contribution is 2.29. The summed E-state index contributed by atoms with van der Waals surface area (Å²) in [4.78, 5) is 0. The van der Waals surface area contributed by atoms with Gasteiger partial charge in [-0.15, -0.1) is 0 Å². The third kappa shape index (κ3) is 4.66. The number of rotatable bonds is 6. The number of nitrogens with one attached hydrogen (secondary N) is 1. The van der Waals surface area contributed by atoms with Gasteiger partial charge in [0.2, 0.25) is 0 Å². The summed E-state index contributed by atoms with van der Waals surface area (Å²) in [5.74, 6) is 1.02. The Morgan fingerprint density at radius 2 is 2.16 bits per heavy atom. The smallest absolute Gasteiger partial charge is 0.127 e. The zero-order valence-electron chi connectivity index (χ0n) is 11.9. The standard InChI is InChI=1S/C16H22BrNO/c1-11(2)6-7-19-16-12(3)8-14(17)9-13(16)10-18-15-4-5-15/h6,8-9,15,18H,4-5,7,10H2,1-3H3. The summed E-state index contributed by atoms with van der Waals surface area (Å²) in [6.45, 7) is 7.81. The second-order valence-electron chi connectivity index (χ2n) is 5.46. The van der Waals surface area contributed by atoms with Crippen molar-refractivity contribution >= 4 is 15.9 Å². The van der Waals surface area contributed by atoms with Crippen LogP contribution in [0, 0.1) is 6.92 Å². The number of aryl methyl sites for hydroxylation is 1. The van der Waals surface area contributed by atoms with Crippen molar-refractivity contribution in [2.75, 3.05) is 6.61 Å². The molecule has 104 valence electrons. The molecule has 1 aromatic rings. The van der Waals surface area contributed by atoms with E-state index in [-0.39, 0.29) is 0 Å². The number of halogens is 1. The van der Waals surface area contributed by atoms with Crippen LogP contribution in [0.4, 0.5) is 0 Å². The second-order valence-corrected chi connectivity index (χ2v) is 6.37. The van der Waals surface area contributed by atoms with E-state index in [2.05, 4.69) is 60.2 Å². The summed E-state index contributed by atoms with van der Waals surface area (Å²) in [6, 6.07) is 4.98. The minimum absolute atomic E-state index is 0.640. The molecule has 3 heteroatoms. The number of allylic oxidation sites excluding steroid dienone is 1. The van der Waals surface area contributed by atoms with Crippen LogP contribution in [-0.2, 0) is 6.54 Å². The normalized spacial score (nSPS) is 14.3. The van der Waals surface area contributed by atoms with Crippen LogP contribution >= 0.6 is 15.9 Å². The number of benzene rings is 1. The van der Waals surface area contributed by atoms with Gasteiger partial charge >= 0.3 is 0 Å². The molecule has 1 aliphatic carbocycles. The van der Waals surface area contributed by atoms with E-state index in [4.69, 9.17) is 4.74 Å². The highest BCUT2D eigenvalue weighted by atomic mass is 79.9. The monoisotopic (exact) mass is 323 g/mol. The fourth-order valence-corrected chi connectivity index (χ4v) is 2.59. The van der Waals surface area contributed by atoms with Crippen LogP contribution in [0.3, 0.4) is 0 Å². The minimum Gasteiger partial charge on any atom is -0.489 e. The van der Waals surface area contributed by atoms with Crippen molar-refractivity contribution in [3.05, 3.63) is 39.4 Å². The van der Waals surface area contributed by atoms with Crippen molar-refractivity contribution in [2.45, 2.75) is 46.2 Å². The van der Waals surface area contributed by atoms with Crippen molar-refractivity contribution < 1.29 is 4.74 Å². The van der Waals surface area contributed by atoms with E-state index in [0.717, 1.165) is 16.8 Å². The first-order valence-corrected chi connectivity index (χ1v) is 7.64. The van der Waals surface area contributed by atoms with Crippen LogP contribution in [0.5, 0.6) is 5.75 Å². The molecule has 2 nitrogen and oxygen atoms in total. The molecule has 0 aliphatic heterocycles. The molecule has 0 aromatic heterocycles. The average molecular weight is 324 g/mol. The Hall–Kier alpha value is -0.800. The summed E-state index contributed by atoms with van der Waals surface area (Å²) < 4.78 is 7.07. The van der Waals surface area contributed by atoms with E-state index in [9.17, 15) is 0 Å². The zero-order valence-corrected chi connectivity index (χ0v) is 13.5. The maximum atomic E-state index is 5.95. The van der Waals surface area contributed by atoms with Gasteiger partial charge in [0.1, 0.15) is 12.4 Å². The summed E-state index contributed by atoms with van der Waals surface area (Å²) >= 11 is 3.57. The van der Waals surface area contributed by atoms with Gasteiger partial charge in [0, 0.05) is 22.6 Å². The molecule has 0 radical (unpaired) electrons. The van der Waals surface area contributed by atoms with E-state index in [1.54, 1.807) is 0 Å². The maximum Gasteiger partial charge on any atom is 0.127 e. The lowest BCUT2D eigenvalue weighted by molar-refractivity contribution is 0.354. The molecule has 2 rings (SSSR count). The topological polar surface area (TPSA) is 21.3 Å². The molecule has 0 heterocycles. The Kier molecular flexibility index (Phi) is 5.06. The fraction of sp³-hybridized carbons (Fsp3) is 0.500. The lowest BCUT2D eigenvalue weighted by Gasteiger charge is -2.14. The van der Waals surface area contributed by atoms with E-state index in [1.807, 2.05) is 0 Å². The molecule has 19 heavy (non-hydrogen) atoms. The van der Waals surface area contributed by atoms with Gasteiger partial charge in [-0.25, -0.2) is 0 Å². The molecular formula is C16H22BrNO. The average Bonchev–Trinajstić information content (AvgIpc) is 3.12. The van der Waals surface area contributed by atoms with Crippen molar-refractivity contribution in [1.82, 2.24) is 5.32 Å². The molecule has 1 aliphatic rings. The molecule has 0 unspecified atom stereocenters. The highest BCUT2D eigenvalue weighted by molar-refractivity contribution is 9.10. The summed E-state index contributed by atoms with van der Waals surface area (Å²) in [5.41, 5.74) is 3.71. The predicted octanol–water partition coefficient (Wildman–Crippen LogP) is 4.35. The van der Waals surface area contributed by atoms with Crippen molar-refractivity contribution in [1.29, 1.82) is 0 Å². The van der Waals surface area contributed by atoms with Gasteiger partial charge in [0.15, 0.2) is 0 Å². The summed E-state index contributed by atoms with van der Waals surface area (Å²) in [7, 11) is 0. The van der Waals surface area contributed by atoms with Gasteiger partial charge in [-0.3, -0.25) is 0 Å². The van der Waals surface area contributed by atoms with E-state index in [0.29, 0.717) is 12.6 Å². The summed E-state index contributed by atoms with van der Waals surface area (Å²) in [5, 5.41) is 3.55. The van der Waals surface area contributed by atoms with Gasteiger partial charge in [0.25, 0.3) is 0 Å². The minimum atomic E-state index is 0.640. The molecule has 0 saturated heterocycles. The molecule has 1 saturated carbocycles. The largest absolute Gasteiger partial charge is 0.489 e. The number of ether oxygens (including phenoxy) is 1. The van der Waals surface area contributed by atoms with Gasteiger partial charge in [-0.1, -0.05) is 21.5 Å². The fourth-order valence-electron chi connectivity index (χ4n) is 1.97.